The first-order valence-corrected chi connectivity index (χ1v) is 8.83. The third-order valence-corrected chi connectivity index (χ3v) is 4.66. The van der Waals surface area contributed by atoms with Gasteiger partial charge in [-0.25, -0.2) is 4.79 Å². The van der Waals surface area contributed by atoms with Gasteiger partial charge in [-0.2, -0.15) is 0 Å². The highest BCUT2D eigenvalue weighted by molar-refractivity contribution is 5.87. The number of benzene rings is 2. The van der Waals surface area contributed by atoms with Crippen LogP contribution < -0.4 is 0 Å². The molecule has 1 heterocycles. The van der Waals surface area contributed by atoms with E-state index in [4.69, 9.17) is 9.84 Å². The van der Waals surface area contributed by atoms with Gasteiger partial charge in [0.1, 0.15) is 0 Å². The first-order chi connectivity index (χ1) is 12.6. The lowest BCUT2D eigenvalue weighted by Crippen LogP contribution is -2.30. The Bertz CT molecular complexity index is 742. The fourth-order valence-electron chi connectivity index (χ4n) is 3.16. The molecule has 0 radical (unpaired) electrons. The Balaban J connectivity index is 1.42. The van der Waals surface area contributed by atoms with E-state index in [2.05, 4.69) is 0 Å². The van der Waals surface area contributed by atoms with Crippen molar-refractivity contribution in [3.05, 3.63) is 71.3 Å². The van der Waals surface area contributed by atoms with Crippen molar-refractivity contribution in [3.8, 4) is 0 Å². The lowest BCUT2D eigenvalue weighted by molar-refractivity contribution is -0.129. The summed E-state index contributed by atoms with van der Waals surface area (Å²) in [6.07, 6.45) is 1.26. The van der Waals surface area contributed by atoms with E-state index in [-0.39, 0.29) is 11.5 Å². The molecular formula is C21H23NO4. The largest absolute Gasteiger partial charge is 0.478 e. The predicted molar refractivity (Wildman–Crippen MR) is 97.9 cm³/mol. The van der Waals surface area contributed by atoms with E-state index in [1.807, 2.05) is 35.2 Å². The third-order valence-electron chi connectivity index (χ3n) is 4.66. The number of carbonyl (C=O) groups is 2. The smallest absolute Gasteiger partial charge is 0.335 e. The summed E-state index contributed by atoms with van der Waals surface area (Å²) in [5, 5.41) is 8.92. The van der Waals surface area contributed by atoms with Gasteiger partial charge in [-0.15, -0.1) is 0 Å². The molecule has 136 valence electrons. The number of nitrogens with zero attached hydrogens (tertiary/aromatic N) is 1. The van der Waals surface area contributed by atoms with Gasteiger partial charge >= 0.3 is 5.97 Å². The van der Waals surface area contributed by atoms with Crippen LogP contribution in [-0.2, 0) is 22.6 Å². The van der Waals surface area contributed by atoms with Crippen molar-refractivity contribution in [2.75, 3.05) is 19.7 Å². The van der Waals surface area contributed by atoms with Crippen LogP contribution in [0.15, 0.2) is 54.6 Å². The summed E-state index contributed by atoms with van der Waals surface area (Å²) in [5.74, 6) is -0.503. The highest BCUT2D eigenvalue weighted by Crippen LogP contribution is 2.18. The van der Waals surface area contributed by atoms with Crippen molar-refractivity contribution in [2.24, 2.45) is 5.92 Å². The van der Waals surface area contributed by atoms with Crippen molar-refractivity contribution >= 4 is 11.9 Å². The number of amides is 1. The Morgan fingerprint density at radius 3 is 2.46 bits per heavy atom. The molecule has 0 spiro atoms. The van der Waals surface area contributed by atoms with Crippen LogP contribution in [0, 0.1) is 5.92 Å². The normalized spacial score (nSPS) is 16.6. The van der Waals surface area contributed by atoms with Gasteiger partial charge in [-0.1, -0.05) is 42.5 Å². The monoisotopic (exact) mass is 353 g/mol. The second kappa shape index (κ2) is 8.63. The molecule has 5 heteroatoms. The summed E-state index contributed by atoms with van der Waals surface area (Å²) in [6.45, 7) is 2.74. The van der Waals surface area contributed by atoms with E-state index in [1.54, 1.807) is 12.1 Å². The van der Waals surface area contributed by atoms with Crippen molar-refractivity contribution in [1.82, 2.24) is 4.90 Å². The van der Waals surface area contributed by atoms with E-state index in [1.165, 1.54) is 12.1 Å². The minimum atomic E-state index is -0.958. The molecule has 1 N–H and O–H groups in total. The Morgan fingerprint density at radius 1 is 1.04 bits per heavy atom. The van der Waals surface area contributed by atoms with Crippen molar-refractivity contribution in [2.45, 2.75) is 19.4 Å². The number of likely N-dealkylation sites (tertiary alicyclic amines) is 1. The second-order valence-corrected chi connectivity index (χ2v) is 6.67. The molecule has 0 bridgehead atoms. The van der Waals surface area contributed by atoms with Crippen LogP contribution in [0.2, 0.25) is 0 Å². The van der Waals surface area contributed by atoms with Crippen molar-refractivity contribution in [1.29, 1.82) is 0 Å². The zero-order chi connectivity index (χ0) is 18.4. The third kappa shape index (κ3) is 4.92. The fourth-order valence-corrected chi connectivity index (χ4v) is 3.16. The van der Waals surface area contributed by atoms with Crippen LogP contribution in [-0.4, -0.2) is 41.6 Å². The van der Waals surface area contributed by atoms with Gasteiger partial charge in [0.25, 0.3) is 0 Å². The number of ether oxygens (including phenoxy) is 1. The van der Waals surface area contributed by atoms with Gasteiger partial charge in [0, 0.05) is 19.0 Å². The molecule has 1 aliphatic rings. The predicted octanol–water partition coefficient (Wildman–Crippen LogP) is 2.99. The lowest BCUT2D eigenvalue weighted by atomic mass is 10.1. The molecule has 2 aromatic carbocycles. The fraction of sp³-hybridized carbons (Fsp3) is 0.333. The Labute approximate surface area is 153 Å². The Hall–Kier alpha value is -2.66. The summed E-state index contributed by atoms with van der Waals surface area (Å²) in [6, 6.07) is 16.6. The molecule has 1 aliphatic heterocycles. The van der Waals surface area contributed by atoms with Gasteiger partial charge in [0.15, 0.2) is 0 Å². The molecular weight excluding hydrogens is 330 g/mol. The minimum absolute atomic E-state index is 0.0821. The number of carbonyl (C=O) groups excluding carboxylic acids is 1. The number of hydrogen-bond acceptors (Lipinski definition) is 3. The van der Waals surface area contributed by atoms with Crippen molar-refractivity contribution in [3.63, 3.8) is 0 Å². The maximum absolute atomic E-state index is 12.4. The minimum Gasteiger partial charge on any atom is -0.478 e. The summed E-state index contributed by atoms with van der Waals surface area (Å²) >= 11 is 0. The quantitative estimate of drug-likeness (QED) is 0.831. The highest BCUT2D eigenvalue weighted by Gasteiger charge is 2.26. The SMILES string of the molecule is O=C(O)c1ccc(CC(=O)N2CCC(COCc3ccccc3)C2)cc1. The molecule has 1 unspecified atom stereocenters. The topological polar surface area (TPSA) is 66.8 Å². The molecule has 1 amide bonds. The molecule has 1 fully saturated rings. The van der Waals surface area contributed by atoms with Gasteiger partial charge < -0.3 is 14.7 Å². The van der Waals surface area contributed by atoms with Crippen LogP contribution in [0.3, 0.4) is 0 Å². The van der Waals surface area contributed by atoms with Crippen LogP contribution in [0.4, 0.5) is 0 Å². The number of rotatable bonds is 7. The molecule has 0 aromatic heterocycles. The van der Waals surface area contributed by atoms with Crippen LogP contribution in [0.5, 0.6) is 0 Å². The zero-order valence-electron chi connectivity index (χ0n) is 14.6. The molecule has 3 rings (SSSR count). The number of aromatic carboxylic acids is 1. The van der Waals surface area contributed by atoms with Crippen LogP contribution in [0.25, 0.3) is 0 Å². The van der Waals surface area contributed by atoms with E-state index in [0.717, 1.165) is 30.6 Å². The molecule has 26 heavy (non-hydrogen) atoms. The standard InChI is InChI=1S/C21H23NO4/c23-20(12-16-6-8-19(9-7-16)21(24)25)22-11-10-18(13-22)15-26-14-17-4-2-1-3-5-17/h1-9,18H,10-15H2,(H,24,25). The average molecular weight is 353 g/mol. The van der Waals surface area contributed by atoms with Crippen molar-refractivity contribution < 1.29 is 19.4 Å². The van der Waals surface area contributed by atoms with Gasteiger partial charge in [-0.3, -0.25) is 4.79 Å². The number of carboxylic acid groups (broad SMARTS) is 1. The first kappa shape index (κ1) is 18.1. The first-order valence-electron chi connectivity index (χ1n) is 8.83. The number of hydrogen-bond donors (Lipinski definition) is 1. The average Bonchev–Trinajstić information content (AvgIpc) is 3.12. The molecule has 5 nitrogen and oxygen atoms in total. The zero-order valence-corrected chi connectivity index (χ0v) is 14.6. The van der Waals surface area contributed by atoms with E-state index < -0.39 is 5.97 Å². The Morgan fingerprint density at radius 2 is 1.77 bits per heavy atom. The molecule has 1 saturated heterocycles. The molecule has 2 aromatic rings. The molecule has 0 aliphatic carbocycles. The summed E-state index contributed by atoms with van der Waals surface area (Å²) < 4.78 is 5.79. The second-order valence-electron chi connectivity index (χ2n) is 6.67. The Kier molecular flexibility index (Phi) is 6.02. The van der Waals surface area contributed by atoms with Gasteiger partial charge in [0.2, 0.25) is 5.91 Å². The maximum atomic E-state index is 12.4. The van der Waals surface area contributed by atoms with Gasteiger partial charge in [-0.05, 0) is 29.7 Å². The van der Waals surface area contributed by atoms with E-state index in [9.17, 15) is 9.59 Å². The van der Waals surface area contributed by atoms with E-state index >= 15 is 0 Å². The van der Waals surface area contributed by atoms with Crippen LogP contribution in [0.1, 0.15) is 27.9 Å². The number of carboxylic acids is 1. The summed E-state index contributed by atoms with van der Waals surface area (Å²) in [4.78, 5) is 25.2. The molecule has 0 saturated carbocycles. The maximum Gasteiger partial charge on any atom is 0.335 e. The molecule has 1 atom stereocenters. The van der Waals surface area contributed by atoms with Gasteiger partial charge in [0.05, 0.1) is 25.2 Å². The summed E-state index contributed by atoms with van der Waals surface area (Å²) in [5.41, 5.74) is 2.23. The van der Waals surface area contributed by atoms with E-state index in [0.29, 0.717) is 25.6 Å². The summed E-state index contributed by atoms with van der Waals surface area (Å²) in [7, 11) is 0. The van der Waals surface area contributed by atoms with Crippen LogP contribution >= 0.6 is 0 Å². The lowest BCUT2D eigenvalue weighted by Gasteiger charge is -2.17. The highest BCUT2D eigenvalue weighted by atomic mass is 16.5.